The molecule has 0 atom stereocenters. The number of nitrogens with zero attached hydrogens (tertiary/aromatic N) is 1. The number of hydrogen-bond donors (Lipinski definition) is 1. The molecule has 4 rings (SSSR count). The summed E-state index contributed by atoms with van der Waals surface area (Å²) in [6.07, 6.45) is 0. The Hall–Kier alpha value is -3.22. The van der Waals surface area contributed by atoms with Gasteiger partial charge >= 0.3 is 0 Å². The maximum absolute atomic E-state index is 13.5. The Labute approximate surface area is 196 Å². The van der Waals surface area contributed by atoms with Crippen LogP contribution in [0.25, 0.3) is 0 Å². The van der Waals surface area contributed by atoms with Crippen molar-refractivity contribution in [1.82, 2.24) is 0 Å². The van der Waals surface area contributed by atoms with Crippen molar-refractivity contribution in [2.45, 2.75) is 18.7 Å². The number of carbonyl (C=O) groups excluding carboxylic acids is 2. The van der Waals surface area contributed by atoms with Crippen LogP contribution in [0, 0.1) is 13.8 Å². The summed E-state index contributed by atoms with van der Waals surface area (Å²) in [5.41, 5.74) is 3.36. The Kier molecular flexibility index (Phi) is 6.26. The third-order valence-electron chi connectivity index (χ3n) is 5.01. The number of rotatable bonds is 6. The second-order valence-corrected chi connectivity index (χ2v) is 8.87. The van der Waals surface area contributed by atoms with Crippen LogP contribution < -0.4 is 15.0 Å². The van der Waals surface area contributed by atoms with Crippen molar-refractivity contribution in [3.05, 3.63) is 93.5 Å². The number of halogens is 1. The molecule has 1 aliphatic rings. The molecule has 0 aromatic heterocycles. The van der Waals surface area contributed by atoms with Gasteiger partial charge in [0.25, 0.3) is 11.8 Å². The molecule has 3 aromatic carbocycles. The normalized spacial score (nSPS) is 13.7. The molecule has 1 N–H and O–H groups in total. The number of carbonyl (C=O) groups is 2. The van der Waals surface area contributed by atoms with E-state index in [2.05, 4.69) is 5.32 Å². The van der Waals surface area contributed by atoms with E-state index < -0.39 is 5.91 Å². The van der Waals surface area contributed by atoms with Gasteiger partial charge in [-0.3, -0.25) is 9.59 Å². The zero-order chi connectivity index (χ0) is 22.8. The topological polar surface area (TPSA) is 58.6 Å². The van der Waals surface area contributed by atoms with Crippen molar-refractivity contribution in [3.8, 4) is 5.75 Å². The number of imide groups is 1. The fraction of sp³-hybridized carbons (Fsp3) is 0.120. The van der Waals surface area contributed by atoms with Crippen LogP contribution in [0.2, 0.25) is 5.02 Å². The average molecular weight is 465 g/mol. The summed E-state index contributed by atoms with van der Waals surface area (Å²) < 4.78 is 5.28. The zero-order valence-electron chi connectivity index (χ0n) is 17.8. The number of benzene rings is 3. The van der Waals surface area contributed by atoms with E-state index in [1.807, 2.05) is 56.3 Å². The molecule has 162 valence electrons. The molecule has 3 aromatic rings. The molecule has 0 spiro atoms. The molecule has 5 nitrogen and oxygen atoms in total. The minimum atomic E-state index is -0.402. The van der Waals surface area contributed by atoms with Crippen LogP contribution in [0.15, 0.2) is 82.2 Å². The molecule has 0 saturated carbocycles. The molecule has 32 heavy (non-hydrogen) atoms. The van der Waals surface area contributed by atoms with Gasteiger partial charge in [0.05, 0.1) is 12.8 Å². The standard InChI is InChI=1S/C25H21ClN2O3S/c1-15-7-12-21(16(2)13-15)28-24(29)22(27-18-5-4-6-19(14-18)31-3)23(25(28)30)32-20-10-8-17(26)9-11-20/h4-14,27H,1-3H3. The van der Waals surface area contributed by atoms with Crippen LogP contribution in [-0.4, -0.2) is 18.9 Å². The summed E-state index contributed by atoms with van der Waals surface area (Å²) in [7, 11) is 1.58. The number of methoxy groups -OCH3 is 1. The van der Waals surface area contributed by atoms with Crippen LogP contribution >= 0.6 is 23.4 Å². The molecule has 0 aliphatic carbocycles. The van der Waals surface area contributed by atoms with E-state index >= 15 is 0 Å². The van der Waals surface area contributed by atoms with Crippen molar-refractivity contribution in [1.29, 1.82) is 0 Å². The number of anilines is 2. The van der Waals surface area contributed by atoms with Gasteiger partial charge in [-0.05, 0) is 61.9 Å². The summed E-state index contributed by atoms with van der Waals surface area (Å²) in [5, 5.41) is 3.75. The third kappa shape index (κ3) is 4.38. The molecule has 0 bridgehead atoms. The van der Waals surface area contributed by atoms with E-state index in [0.717, 1.165) is 16.0 Å². The first-order chi connectivity index (χ1) is 15.4. The Morgan fingerprint density at radius 1 is 0.938 bits per heavy atom. The predicted octanol–water partition coefficient (Wildman–Crippen LogP) is 5.95. The van der Waals surface area contributed by atoms with Gasteiger partial charge in [0.2, 0.25) is 0 Å². The van der Waals surface area contributed by atoms with Gasteiger partial charge in [-0.25, -0.2) is 4.90 Å². The Morgan fingerprint density at radius 2 is 1.69 bits per heavy atom. The second kappa shape index (κ2) is 9.10. The summed E-state index contributed by atoms with van der Waals surface area (Å²) in [5.74, 6) is -0.126. The maximum Gasteiger partial charge on any atom is 0.283 e. The molecular formula is C25H21ClN2O3S. The Bertz CT molecular complexity index is 1240. The summed E-state index contributed by atoms with van der Waals surface area (Å²) in [6.45, 7) is 3.86. The first-order valence-electron chi connectivity index (χ1n) is 9.92. The molecule has 1 aliphatic heterocycles. The first-order valence-corrected chi connectivity index (χ1v) is 11.1. The number of aryl methyl sites for hydroxylation is 2. The van der Waals surface area contributed by atoms with Crippen molar-refractivity contribution < 1.29 is 14.3 Å². The number of thioether (sulfide) groups is 1. The van der Waals surface area contributed by atoms with E-state index in [9.17, 15) is 9.59 Å². The van der Waals surface area contributed by atoms with E-state index in [-0.39, 0.29) is 11.6 Å². The highest BCUT2D eigenvalue weighted by molar-refractivity contribution is 8.04. The molecule has 0 radical (unpaired) electrons. The van der Waals surface area contributed by atoms with Gasteiger partial charge in [0.1, 0.15) is 16.4 Å². The Balaban J connectivity index is 1.76. The molecule has 0 fully saturated rings. The van der Waals surface area contributed by atoms with Crippen LogP contribution in [-0.2, 0) is 9.59 Å². The summed E-state index contributed by atoms with van der Waals surface area (Å²) in [4.78, 5) is 29.3. The number of hydrogen-bond acceptors (Lipinski definition) is 5. The first kappa shape index (κ1) is 22.0. The van der Waals surface area contributed by atoms with Gasteiger partial charge in [0.15, 0.2) is 0 Å². The van der Waals surface area contributed by atoms with Crippen LogP contribution in [0.3, 0.4) is 0 Å². The van der Waals surface area contributed by atoms with Crippen molar-refractivity contribution >= 4 is 46.6 Å². The van der Waals surface area contributed by atoms with Gasteiger partial charge < -0.3 is 10.1 Å². The fourth-order valence-electron chi connectivity index (χ4n) is 3.46. The molecule has 2 amide bonds. The lowest BCUT2D eigenvalue weighted by Gasteiger charge is -2.18. The van der Waals surface area contributed by atoms with Crippen molar-refractivity contribution in [2.24, 2.45) is 0 Å². The highest BCUT2D eigenvalue weighted by Crippen LogP contribution is 2.39. The second-order valence-electron chi connectivity index (χ2n) is 7.35. The third-order valence-corrected chi connectivity index (χ3v) is 6.35. The van der Waals surface area contributed by atoms with E-state index in [1.165, 1.54) is 16.7 Å². The number of nitrogens with one attached hydrogen (secondary N) is 1. The smallest absolute Gasteiger partial charge is 0.283 e. The SMILES string of the molecule is COc1cccc(NC2=C(Sc3ccc(Cl)cc3)C(=O)N(c3ccc(C)cc3C)C2=O)c1. The Morgan fingerprint density at radius 3 is 2.38 bits per heavy atom. The van der Waals surface area contributed by atoms with Gasteiger partial charge in [-0.1, -0.05) is 47.1 Å². The van der Waals surface area contributed by atoms with E-state index in [0.29, 0.717) is 27.1 Å². The largest absolute Gasteiger partial charge is 0.497 e. The van der Waals surface area contributed by atoms with Gasteiger partial charge in [0, 0.05) is 21.7 Å². The lowest BCUT2D eigenvalue weighted by Crippen LogP contribution is -2.33. The summed E-state index contributed by atoms with van der Waals surface area (Å²) >= 11 is 7.24. The van der Waals surface area contributed by atoms with E-state index in [4.69, 9.17) is 16.3 Å². The van der Waals surface area contributed by atoms with Gasteiger partial charge in [-0.15, -0.1) is 0 Å². The monoisotopic (exact) mass is 464 g/mol. The van der Waals surface area contributed by atoms with Crippen molar-refractivity contribution in [3.63, 3.8) is 0 Å². The molecule has 1 heterocycles. The molecule has 0 unspecified atom stereocenters. The lowest BCUT2D eigenvalue weighted by atomic mass is 10.1. The zero-order valence-corrected chi connectivity index (χ0v) is 19.4. The number of amides is 2. The fourth-order valence-corrected chi connectivity index (χ4v) is 4.51. The van der Waals surface area contributed by atoms with Crippen molar-refractivity contribution in [2.75, 3.05) is 17.3 Å². The summed E-state index contributed by atoms with van der Waals surface area (Å²) in [6, 6.07) is 20.0. The molecule has 0 saturated heterocycles. The highest BCUT2D eigenvalue weighted by atomic mass is 35.5. The van der Waals surface area contributed by atoms with Crippen LogP contribution in [0.5, 0.6) is 5.75 Å². The number of ether oxygens (including phenoxy) is 1. The minimum Gasteiger partial charge on any atom is -0.497 e. The maximum atomic E-state index is 13.5. The van der Waals surface area contributed by atoms with Gasteiger partial charge in [-0.2, -0.15) is 0 Å². The lowest BCUT2D eigenvalue weighted by molar-refractivity contribution is -0.120. The van der Waals surface area contributed by atoms with Crippen LogP contribution in [0.4, 0.5) is 11.4 Å². The molecular weight excluding hydrogens is 444 g/mol. The predicted molar refractivity (Wildman–Crippen MR) is 129 cm³/mol. The van der Waals surface area contributed by atoms with Crippen LogP contribution in [0.1, 0.15) is 11.1 Å². The average Bonchev–Trinajstić information content (AvgIpc) is 3.00. The quantitative estimate of drug-likeness (QED) is 0.456. The highest BCUT2D eigenvalue weighted by Gasteiger charge is 2.40. The molecule has 7 heteroatoms. The van der Waals surface area contributed by atoms with E-state index in [1.54, 1.807) is 31.4 Å². The minimum absolute atomic E-state index is 0.225.